The molecule has 0 heterocycles. The molecule has 0 aliphatic rings. The van der Waals surface area contributed by atoms with E-state index in [1.807, 2.05) is 0 Å². The Morgan fingerprint density at radius 1 is 0.290 bits per heavy atom. The second kappa shape index (κ2) is 73.5. The molecule has 0 rings (SSSR count). The number of carbonyl (C=O) groups excluding carboxylic acids is 4. The zero-order valence-electron chi connectivity index (χ0n) is 63.4. The molecule has 580 valence electrons. The maximum Gasteiger partial charge on any atom is 0.472 e. The van der Waals surface area contributed by atoms with E-state index in [1.54, 1.807) is 0 Å². The maximum absolute atomic E-state index is 13.1. The molecule has 0 fully saturated rings. The van der Waals surface area contributed by atoms with Crippen molar-refractivity contribution in [3.63, 3.8) is 0 Å². The van der Waals surface area contributed by atoms with Crippen LogP contribution in [-0.2, 0) is 65.4 Å². The molecular weight excluding hydrogens is 1310 g/mol. The van der Waals surface area contributed by atoms with Crippen LogP contribution in [0.2, 0.25) is 0 Å². The van der Waals surface area contributed by atoms with Crippen molar-refractivity contribution in [2.75, 3.05) is 39.6 Å². The van der Waals surface area contributed by atoms with Gasteiger partial charge in [-0.05, 0) is 141 Å². The number of rotatable bonds is 75. The summed E-state index contributed by atoms with van der Waals surface area (Å²) in [7, 11) is -9.96. The Hall–Kier alpha value is -3.76. The summed E-state index contributed by atoms with van der Waals surface area (Å²) in [6, 6.07) is 0. The highest BCUT2D eigenvalue weighted by molar-refractivity contribution is 7.47. The molecule has 0 aromatic rings. The summed E-state index contributed by atoms with van der Waals surface area (Å²) in [5.41, 5.74) is 0. The standard InChI is InChI=1S/C81H144O17P2/c1-5-9-13-17-21-25-29-33-36-37-40-43-46-50-54-58-62-66-79(84)92-71-76(97-80(85)67-63-59-55-51-47-41-32-28-24-20-16-12-8-4)73-95-99(87,88)93-69-75(82)70-94-100(89,90)96-74-77(98-81(86)68-64-60-56-52-48-44-39-35-31-27-23-19-15-11-7-3)72-91-78(83)65-61-57-53-49-45-42-38-34-30-26-22-18-14-10-6-2/h9,13,21-22,25-26,28,32-36,38-39,75-77,82H,5-8,10-12,14-20,23-24,27,29-31,37,40-74H2,1-4H3,(H,87,88)(H,89,90)/b13-9-,25-21-,26-22-,32-28-,36-33-,38-34-,39-35-. The summed E-state index contributed by atoms with van der Waals surface area (Å²) in [5, 5.41) is 10.6. The van der Waals surface area contributed by atoms with Crippen LogP contribution in [0.3, 0.4) is 0 Å². The van der Waals surface area contributed by atoms with Crippen LogP contribution in [0, 0.1) is 0 Å². The van der Waals surface area contributed by atoms with Gasteiger partial charge in [-0.2, -0.15) is 0 Å². The van der Waals surface area contributed by atoms with E-state index in [1.165, 1.54) is 83.5 Å². The van der Waals surface area contributed by atoms with Gasteiger partial charge >= 0.3 is 39.5 Å². The molecule has 0 saturated carbocycles. The van der Waals surface area contributed by atoms with Gasteiger partial charge in [-0.1, -0.05) is 267 Å². The second-order valence-corrected chi connectivity index (χ2v) is 29.5. The van der Waals surface area contributed by atoms with Gasteiger partial charge in [0.25, 0.3) is 0 Å². The molecule has 5 unspecified atom stereocenters. The highest BCUT2D eigenvalue weighted by Crippen LogP contribution is 2.45. The first-order valence-electron chi connectivity index (χ1n) is 39.8. The number of allylic oxidation sites excluding steroid dienone is 14. The quantitative estimate of drug-likeness (QED) is 0.0169. The topological polar surface area (TPSA) is 237 Å². The lowest BCUT2D eigenvalue weighted by molar-refractivity contribution is -0.161. The van der Waals surface area contributed by atoms with Crippen LogP contribution in [0.15, 0.2) is 85.1 Å². The van der Waals surface area contributed by atoms with Gasteiger partial charge in [-0.3, -0.25) is 37.3 Å². The number of hydrogen-bond donors (Lipinski definition) is 3. The molecule has 3 N–H and O–H groups in total. The molecule has 0 aromatic heterocycles. The highest BCUT2D eigenvalue weighted by atomic mass is 31.2. The fourth-order valence-electron chi connectivity index (χ4n) is 10.7. The van der Waals surface area contributed by atoms with Gasteiger partial charge in [0.15, 0.2) is 12.2 Å². The number of esters is 4. The van der Waals surface area contributed by atoms with E-state index in [2.05, 4.69) is 113 Å². The molecule has 0 saturated heterocycles. The molecule has 0 amide bonds. The van der Waals surface area contributed by atoms with Gasteiger partial charge in [0.1, 0.15) is 19.3 Å². The Morgan fingerprint density at radius 2 is 0.520 bits per heavy atom. The Morgan fingerprint density at radius 3 is 0.840 bits per heavy atom. The van der Waals surface area contributed by atoms with Crippen molar-refractivity contribution in [1.82, 2.24) is 0 Å². The van der Waals surface area contributed by atoms with Crippen molar-refractivity contribution in [3.8, 4) is 0 Å². The lowest BCUT2D eigenvalue weighted by Crippen LogP contribution is -2.30. The number of unbranched alkanes of at least 4 members (excludes halogenated alkanes) is 35. The molecule has 0 aliphatic heterocycles. The molecule has 0 aromatic carbocycles. The predicted molar refractivity (Wildman–Crippen MR) is 409 cm³/mol. The zero-order chi connectivity index (χ0) is 73.2. The minimum absolute atomic E-state index is 0.0837. The van der Waals surface area contributed by atoms with Crippen molar-refractivity contribution < 1.29 is 80.2 Å². The van der Waals surface area contributed by atoms with E-state index in [0.29, 0.717) is 25.7 Å². The third kappa shape index (κ3) is 72.6. The van der Waals surface area contributed by atoms with Crippen LogP contribution >= 0.6 is 15.6 Å². The number of aliphatic hydroxyl groups is 1. The maximum atomic E-state index is 13.1. The molecule has 5 atom stereocenters. The Labute approximate surface area is 608 Å². The average molecular weight is 1450 g/mol. The molecule has 17 nitrogen and oxygen atoms in total. The zero-order valence-corrected chi connectivity index (χ0v) is 65.2. The number of hydrogen-bond acceptors (Lipinski definition) is 15. The SMILES string of the molecule is CC/C=C\C/C=C\C/C=C\CCCCCCCCCC(=O)OCC(COP(=O)(O)OCC(O)COP(=O)(O)OCC(COC(=O)CCCCCCC/C=C\C/C=C\CCCCC)OC(=O)CCCCCCC/C=C\CCCCCCCC)OC(=O)CCCCCCC/C=C\CCCCCC. The fraction of sp³-hybridized carbons (Fsp3) is 0.778. The van der Waals surface area contributed by atoms with Crippen LogP contribution in [0.4, 0.5) is 0 Å². The molecule has 100 heavy (non-hydrogen) atoms. The van der Waals surface area contributed by atoms with Crippen molar-refractivity contribution in [1.29, 1.82) is 0 Å². The van der Waals surface area contributed by atoms with Gasteiger partial charge in [0.2, 0.25) is 0 Å². The second-order valence-electron chi connectivity index (χ2n) is 26.6. The summed E-state index contributed by atoms with van der Waals surface area (Å²) in [6.45, 7) is 4.72. The van der Waals surface area contributed by atoms with Crippen molar-refractivity contribution >= 4 is 39.5 Å². The summed E-state index contributed by atoms with van der Waals surface area (Å²) in [6.07, 6.45) is 75.6. The highest BCUT2D eigenvalue weighted by Gasteiger charge is 2.30. The van der Waals surface area contributed by atoms with Crippen LogP contribution in [0.5, 0.6) is 0 Å². The predicted octanol–water partition coefficient (Wildman–Crippen LogP) is 23.0. The van der Waals surface area contributed by atoms with Gasteiger partial charge in [-0.15, -0.1) is 0 Å². The molecular formula is C81H144O17P2. The lowest BCUT2D eigenvalue weighted by atomic mass is 10.1. The molecule has 0 spiro atoms. The first kappa shape index (κ1) is 96.2. The summed E-state index contributed by atoms with van der Waals surface area (Å²) >= 11 is 0. The van der Waals surface area contributed by atoms with Crippen LogP contribution < -0.4 is 0 Å². The van der Waals surface area contributed by atoms with Crippen LogP contribution in [-0.4, -0.2) is 96.7 Å². The number of ether oxygens (including phenoxy) is 4. The molecule has 0 radical (unpaired) electrons. The van der Waals surface area contributed by atoms with Gasteiger partial charge in [0, 0.05) is 25.7 Å². The first-order chi connectivity index (χ1) is 48.7. The monoisotopic (exact) mass is 1450 g/mol. The normalized spacial score (nSPS) is 14.3. The Balaban J connectivity index is 5.35. The van der Waals surface area contributed by atoms with E-state index in [0.717, 1.165) is 186 Å². The largest absolute Gasteiger partial charge is 0.472 e. The van der Waals surface area contributed by atoms with Crippen molar-refractivity contribution in [3.05, 3.63) is 85.1 Å². The summed E-state index contributed by atoms with van der Waals surface area (Å²) in [4.78, 5) is 73.0. The summed E-state index contributed by atoms with van der Waals surface area (Å²) in [5.74, 6) is -2.20. The third-order valence-corrected chi connectivity index (χ3v) is 18.7. The number of phosphoric ester groups is 2. The van der Waals surface area contributed by atoms with Crippen molar-refractivity contribution in [2.45, 2.75) is 367 Å². The van der Waals surface area contributed by atoms with Crippen LogP contribution in [0.25, 0.3) is 0 Å². The Bertz CT molecular complexity index is 2230. The molecule has 0 bridgehead atoms. The number of aliphatic hydroxyl groups excluding tert-OH is 1. The van der Waals surface area contributed by atoms with Gasteiger partial charge < -0.3 is 33.8 Å². The van der Waals surface area contributed by atoms with Gasteiger partial charge in [-0.25, -0.2) is 9.13 Å². The van der Waals surface area contributed by atoms with E-state index < -0.39 is 97.5 Å². The minimum atomic E-state index is -4.98. The van der Waals surface area contributed by atoms with E-state index >= 15 is 0 Å². The fourth-order valence-corrected chi connectivity index (χ4v) is 12.3. The molecule has 19 heteroatoms. The number of phosphoric acid groups is 2. The van der Waals surface area contributed by atoms with E-state index in [4.69, 9.17) is 37.0 Å². The van der Waals surface area contributed by atoms with E-state index in [9.17, 15) is 43.2 Å². The number of carbonyl (C=O) groups is 4. The smallest absolute Gasteiger partial charge is 0.462 e. The average Bonchev–Trinajstić information content (AvgIpc) is 0.965. The van der Waals surface area contributed by atoms with Gasteiger partial charge in [0.05, 0.1) is 26.4 Å². The lowest BCUT2D eigenvalue weighted by Gasteiger charge is -2.21. The van der Waals surface area contributed by atoms with E-state index in [-0.39, 0.29) is 25.7 Å². The summed E-state index contributed by atoms with van der Waals surface area (Å²) < 4.78 is 68.6. The Kier molecular flexibility index (Phi) is 70.8. The first-order valence-corrected chi connectivity index (χ1v) is 42.8. The van der Waals surface area contributed by atoms with Crippen LogP contribution in [0.1, 0.15) is 349 Å². The third-order valence-electron chi connectivity index (χ3n) is 16.8. The minimum Gasteiger partial charge on any atom is -0.462 e. The van der Waals surface area contributed by atoms with Crippen molar-refractivity contribution in [2.24, 2.45) is 0 Å². The molecule has 0 aliphatic carbocycles.